The van der Waals surface area contributed by atoms with Crippen molar-refractivity contribution in [1.82, 2.24) is 0 Å². The smallest absolute Gasteiger partial charge is 0.309 e. The molecule has 35 heavy (non-hydrogen) atoms. The number of fused-ring (bicyclic) bond motifs is 2. The molecule has 0 amide bonds. The van der Waals surface area contributed by atoms with E-state index in [1.54, 1.807) is 0 Å². The van der Waals surface area contributed by atoms with Crippen LogP contribution in [0.5, 0.6) is 17.2 Å². The molecule has 188 valence electrons. The second-order valence-corrected chi connectivity index (χ2v) is 9.91. The van der Waals surface area contributed by atoms with Crippen LogP contribution in [0.4, 0.5) is 0 Å². The van der Waals surface area contributed by atoms with Gasteiger partial charge < -0.3 is 28.4 Å². The summed E-state index contributed by atoms with van der Waals surface area (Å²) in [6, 6.07) is 1.85. The molecule has 5 atom stereocenters. The molecule has 4 aliphatic rings. The Morgan fingerprint density at radius 3 is 2.63 bits per heavy atom. The maximum Gasteiger partial charge on any atom is 0.309 e. The van der Waals surface area contributed by atoms with E-state index in [-0.39, 0.29) is 48.7 Å². The van der Waals surface area contributed by atoms with Gasteiger partial charge in [-0.15, -0.1) is 0 Å². The van der Waals surface area contributed by atoms with Crippen LogP contribution < -0.4 is 14.2 Å². The first-order valence-corrected chi connectivity index (χ1v) is 12.2. The normalized spacial score (nSPS) is 29.3. The van der Waals surface area contributed by atoms with Gasteiger partial charge in [0.2, 0.25) is 24.1 Å². The number of hydrogen-bond donors (Lipinski definition) is 0. The van der Waals surface area contributed by atoms with Crippen LogP contribution >= 0.6 is 0 Å². The van der Waals surface area contributed by atoms with Crippen molar-refractivity contribution in [2.75, 3.05) is 27.6 Å². The highest BCUT2D eigenvalue weighted by Gasteiger charge is 2.59. The molecule has 1 aromatic rings. The first kappa shape index (κ1) is 23.6. The van der Waals surface area contributed by atoms with Crippen molar-refractivity contribution in [1.29, 1.82) is 0 Å². The summed E-state index contributed by atoms with van der Waals surface area (Å²) >= 11 is 0. The molecule has 0 fully saturated rings. The number of carbonyl (C=O) groups excluding carboxylic acids is 2. The number of ketones is 1. The van der Waals surface area contributed by atoms with E-state index < -0.39 is 11.5 Å². The molecule has 1 aromatic carbocycles. The van der Waals surface area contributed by atoms with Crippen molar-refractivity contribution >= 4 is 11.8 Å². The van der Waals surface area contributed by atoms with Gasteiger partial charge in [0, 0.05) is 17.0 Å². The Morgan fingerprint density at radius 1 is 1.17 bits per heavy atom. The topological polar surface area (TPSA) is 89.5 Å². The quantitative estimate of drug-likeness (QED) is 0.570. The number of allylic oxidation sites excluding steroid dienone is 2. The first-order valence-electron chi connectivity index (χ1n) is 12.2. The fraction of sp³-hybridized carbons (Fsp3) is 0.556. The van der Waals surface area contributed by atoms with Crippen LogP contribution in [-0.2, 0) is 29.2 Å². The van der Waals surface area contributed by atoms with E-state index in [1.807, 2.05) is 26.0 Å². The number of Topliss-reactive ketones (excluding diaryl/α,β-unsaturated/α-hetero) is 1. The number of benzene rings is 1. The molecule has 8 heteroatoms. The van der Waals surface area contributed by atoms with Gasteiger partial charge in [0.05, 0.1) is 20.1 Å². The van der Waals surface area contributed by atoms with Crippen LogP contribution in [0.25, 0.3) is 0 Å². The van der Waals surface area contributed by atoms with Crippen LogP contribution in [0.15, 0.2) is 29.2 Å². The zero-order chi connectivity index (χ0) is 25.1. The van der Waals surface area contributed by atoms with Gasteiger partial charge in [-0.05, 0) is 36.5 Å². The van der Waals surface area contributed by atoms with Crippen LogP contribution in [0.2, 0.25) is 0 Å². The maximum absolute atomic E-state index is 14.2. The summed E-state index contributed by atoms with van der Waals surface area (Å²) in [6.07, 6.45) is 2.60. The van der Waals surface area contributed by atoms with Crippen LogP contribution in [0.1, 0.15) is 57.8 Å². The van der Waals surface area contributed by atoms with Crippen LogP contribution in [0.3, 0.4) is 0 Å². The number of rotatable bonds is 5. The summed E-state index contributed by atoms with van der Waals surface area (Å²) < 4.78 is 35.0. The molecule has 0 N–H and O–H groups in total. The molecule has 0 saturated carbocycles. The number of hydrogen-bond acceptors (Lipinski definition) is 8. The summed E-state index contributed by atoms with van der Waals surface area (Å²) in [6.45, 7) is 8.17. The lowest BCUT2D eigenvalue weighted by molar-refractivity contribution is -0.158. The molecule has 5 rings (SSSR count). The minimum atomic E-state index is -1.13. The largest absolute Gasteiger partial charge is 0.493 e. The Morgan fingerprint density at radius 2 is 1.94 bits per heavy atom. The molecule has 2 heterocycles. The monoisotopic (exact) mass is 484 g/mol. The van der Waals surface area contributed by atoms with Gasteiger partial charge in [-0.3, -0.25) is 9.59 Å². The highest BCUT2D eigenvalue weighted by molar-refractivity contribution is 6.08. The molecule has 1 spiro atoms. The summed E-state index contributed by atoms with van der Waals surface area (Å²) in [4.78, 5) is 27.2. The number of esters is 1. The van der Waals surface area contributed by atoms with E-state index in [0.29, 0.717) is 47.0 Å². The average molecular weight is 485 g/mol. The van der Waals surface area contributed by atoms with E-state index in [0.717, 1.165) is 5.57 Å². The van der Waals surface area contributed by atoms with E-state index in [4.69, 9.17) is 28.4 Å². The fourth-order valence-corrected chi connectivity index (χ4v) is 5.59. The third-order valence-corrected chi connectivity index (χ3v) is 8.09. The van der Waals surface area contributed by atoms with Crippen molar-refractivity contribution < 1.29 is 38.0 Å². The van der Waals surface area contributed by atoms with E-state index in [9.17, 15) is 9.59 Å². The van der Waals surface area contributed by atoms with Crippen LogP contribution in [-0.4, -0.2) is 39.4 Å². The summed E-state index contributed by atoms with van der Waals surface area (Å²) in [7, 11) is 2.99. The SMILES string of the molecule is CC[C@H](C)C(=O)O[C@H]1c2cc3c(c4c2[C@@]2(CO4)C(=O)C(OC)=C(OC)C=C2C[C@@H](C)[C@H]1C)OCO3. The standard InChI is InChI=1S/C27H32O8/c1-7-13(2)26(29)35-21-15(4)14(3)8-16-9-18(30-5)23(31-6)25(28)27(16)11-32-24-20(27)17(21)10-19-22(24)34-12-33-19/h9-10,13-15,21H,7-8,11-12H2,1-6H3/t13-,14+,15+,21+,27-/m0/s1. The second kappa shape index (κ2) is 8.50. The van der Waals surface area contributed by atoms with Gasteiger partial charge in [0.25, 0.3) is 0 Å². The third-order valence-electron chi connectivity index (χ3n) is 8.09. The van der Waals surface area contributed by atoms with Crippen molar-refractivity contribution in [2.24, 2.45) is 17.8 Å². The Kier molecular flexibility index (Phi) is 5.73. The highest BCUT2D eigenvalue weighted by Crippen LogP contribution is 2.61. The van der Waals surface area contributed by atoms with Crippen molar-refractivity contribution in [2.45, 2.75) is 52.1 Å². The van der Waals surface area contributed by atoms with Gasteiger partial charge in [0.15, 0.2) is 17.3 Å². The van der Waals surface area contributed by atoms with Gasteiger partial charge in [0.1, 0.15) is 18.1 Å². The van der Waals surface area contributed by atoms with Crippen molar-refractivity contribution in [3.05, 3.63) is 40.4 Å². The molecule has 0 radical (unpaired) electrons. The lowest BCUT2D eigenvalue weighted by Gasteiger charge is -2.41. The summed E-state index contributed by atoms with van der Waals surface area (Å²) in [5.74, 6) is 1.32. The molecule has 0 bridgehead atoms. The molecular formula is C27H32O8. The van der Waals surface area contributed by atoms with Gasteiger partial charge in [-0.1, -0.05) is 27.7 Å². The van der Waals surface area contributed by atoms with E-state index in [1.165, 1.54) is 14.2 Å². The van der Waals surface area contributed by atoms with E-state index in [2.05, 4.69) is 13.8 Å². The number of ether oxygens (including phenoxy) is 6. The van der Waals surface area contributed by atoms with Crippen molar-refractivity contribution in [3.63, 3.8) is 0 Å². The molecular weight excluding hydrogens is 452 g/mol. The fourth-order valence-electron chi connectivity index (χ4n) is 5.59. The first-order chi connectivity index (χ1) is 16.8. The van der Waals surface area contributed by atoms with Gasteiger partial charge in [-0.2, -0.15) is 0 Å². The summed E-state index contributed by atoms with van der Waals surface area (Å²) in [5, 5.41) is 0. The number of methoxy groups -OCH3 is 2. The van der Waals surface area contributed by atoms with Crippen molar-refractivity contribution in [3.8, 4) is 17.2 Å². The molecule has 2 aliphatic carbocycles. The second-order valence-electron chi connectivity index (χ2n) is 9.91. The molecule has 0 saturated heterocycles. The highest BCUT2D eigenvalue weighted by atomic mass is 16.7. The Hall–Kier alpha value is -3.16. The van der Waals surface area contributed by atoms with Gasteiger partial charge in [-0.25, -0.2) is 0 Å². The minimum Gasteiger partial charge on any atom is -0.493 e. The Bertz CT molecular complexity index is 1150. The minimum absolute atomic E-state index is 0.0409. The Balaban J connectivity index is 1.79. The Labute approximate surface area is 205 Å². The predicted molar refractivity (Wildman–Crippen MR) is 125 cm³/mol. The predicted octanol–water partition coefficient (Wildman–Crippen LogP) is 4.37. The number of carbonyl (C=O) groups is 2. The maximum atomic E-state index is 14.2. The molecule has 2 aliphatic heterocycles. The average Bonchev–Trinajstić information content (AvgIpc) is 3.48. The zero-order valence-corrected chi connectivity index (χ0v) is 21.1. The molecule has 8 nitrogen and oxygen atoms in total. The van der Waals surface area contributed by atoms with Gasteiger partial charge >= 0.3 is 5.97 Å². The molecule has 0 aromatic heterocycles. The van der Waals surface area contributed by atoms with E-state index >= 15 is 0 Å². The molecule has 0 unspecified atom stereocenters. The summed E-state index contributed by atoms with van der Waals surface area (Å²) in [5.41, 5.74) is 1.15. The lowest BCUT2D eigenvalue weighted by Crippen LogP contribution is -2.46. The van der Waals surface area contributed by atoms with Crippen LogP contribution in [0, 0.1) is 17.8 Å². The third kappa shape index (κ3) is 3.25. The zero-order valence-electron chi connectivity index (χ0n) is 21.1. The lowest BCUT2D eigenvalue weighted by atomic mass is 9.62.